The molecule has 2 rings (SSSR count). The van der Waals surface area contributed by atoms with Gasteiger partial charge in [-0.3, -0.25) is 0 Å². The summed E-state index contributed by atoms with van der Waals surface area (Å²) in [5.74, 6) is 3.91. The summed E-state index contributed by atoms with van der Waals surface area (Å²) in [5.41, 5.74) is 0.409. The molecule has 2 aliphatic rings. The lowest BCUT2D eigenvalue weighted by molar-refractivity contribution is 0.155. The van der Waals surface area contributed by atoms with Crippen molar-refractivity contribution >= 4 is 15.9 Å². The fraction of sp³-hybridized carbons (Fsp3) is 1.00. The largest absolute Gasteiger partial charge is 0.306 e. The number of hydrogen-bond acceptors (Lipinski definition) is 1. The summed E-state index contributed by atoms with van der Waals surface area (Å²) in [6.45, 7) is 9.67. The number of nitrogens with zero attached hydrogens (tertiary/aromatic N) is 1. The highest BCUT2D eigenvalue weighted by molar-refractivity contribution is 9.09. The zero-order valence-corrected chi connectivity index (χ0v) is 14.2. The minimum absolute atomic E-state index is 0.409. The maximum absolute atomic E-state index is 3.70. The van der Waals surface area contributed by atoms with Crippen molar-refractivity contribution in [2.24, 2.45) is 29.1 Å². The van der Waals surface area contributed by atoms with E-state index in [4.69, 9.17) is 0 Å². The predicted molar refractivity (Wildman–Crippen MR) is 83.2 cm³/mol. The Morgan fingerprint density at radius 3 is 2.39 bits per heavy atom. The van der Waals surface area contributed by atoms with Crippen LogP contribution >= 0.6 is 15.9 Å². The molecular formula is C16H30BrN. The molecule has 0 aromatic carbocycles. The molecule has 2 fully saturated rings. The first-order valence-corrected chi connectivity index (χ1v) is 8.76. The minimum Gasteiger partial charge on any atom is -0.306 e. The van der Waals surface area contributed by atoms with E-state index in [0.717, 1.165) is 29.0 Å². The van der Waals surface area contributed by atoms with Gasteiger partial charge in [-0.2, -0.15) is 0 Å². The van der Waals surface area contributed by atoms with Gasteiger partial charge in [0.05, 0.1) is 0 Å². The summed E-state index contributed by atoms with van der Waals surface area (Å²) >= 11 is 3.70. The van der Waals surface area contributed by atoms with E-state index in [2.05, 4.69) is 48.6 Å². The van der Waals surface area contributed by atoms with Crippen molar-refractivity contribution in [3.63, 3.8) is 0 Å². The summed E-state index contributed by atoms with van der Waals surface area (Å²) in [6.07, 6.45) is 6.10. The monoisotopic (exact) mass is 315 g/mol. The molecule has 0 N–H and O–H groups in total. The van der Waals surface area contributed by atoms with Gasteiger partial charge in [-0.15, -0.1) is 0 Å². The highest BCUT2D eigenvalue weighted by Crippen LogP contribution is 2.48. The van der Waals surface area contributed by atoms with Crippen molar-refractivity contribution in [1.82, 2.24) is 4.90 Å². The molecule has 106 valence electrons. The highest BCUT2D eigenvalue weighted by Gasteiger charge is 2.39. The Morgan fingerprint density at radius 2 is 1.94 bits per heavy atom. The maximum atomic E-state index is 3.70. The fourth-order valence-corrected chi connectivity index (χ4v) is 5.18. The van der Waals surface area contributed by atoms with Crippen LogP contribution in [0.4, 0.5) is 0 Å². The fourth-order valence-electron chi connectivity index (χ4n) is 4.01. The maximum Gasteiger partial charge on any atom is 0.00768 e. The van der Waals surface area contributed by atoms with E-state index in [-0.39, 0.29) is 0 Å². The summed E-state index contributed by atoms with van der Waals surface area (Å²) in [6, 6.07) is 0. The first-order valence-electron chi connectivity index (χ1n) is 7.64. The Balaban J connectivity index is 1.79. The molecule has 0 aromatic heterocycles. The zero-order chi connectivity index (χ0) is 13.3. The molecule has 0 aromatic rings. The quantitative estimate of drug-likeness (QED) is 0.679. The number of alkyl halides is 1. The SMILES string of the molecule is CN(CC1CC2CCC1C2)CC(CBr)C(C)(C)C. The first-order chi connectivity index (χ1) is 8.40. The molecule has 4 atom stereocenters. The Kier molecular flexibility index (Phi) is 4.80. The van der Waals surface area contributed by atoms with Crippen molar-refractivity contribution in [2.75, 3.05) is 25.5 Å². The second kappa shape index (κ2) is 5.83. The lowest BCUT2D eigenvalue weighted by atomic mass is 9.81. The van der Waals surface area contributed by atoms with Gasteiger partial charge in [0.2, 0.25) is 0 Å². The van der Waals surface area contributed by atoms with E-state index < -0.39 is 0 Å². The molecule has 2 aliphatic carbocycles. The zero-order valence-electron chi connectivity index (χ0n) is 12.6. The van der Waals surface area contributed by atoms with Crippen molar-refractivity contribution < 1.29 is 0 Å². The lowest BCUT2D eigenvalue weighted by Crippen LogP contribution is -2.37. The molecule has 0 heterocycles. The third-order valence-electron chi connectivity index (χ3n) is 5.37. The van der Waals surface area contributed by atoms with Crippen molar-refractivity contribution in [3.05, 3.63) is 0 Å². The molecule has 0 spiro atoms. The Morgan fingerprint density at radius 1 is 1.22 bits per heavy atom. The third kappa shape index (κ3) is 3.50. The third-order valence-corrected chi connectivity index (χ3v) is 6.16. The predicted octanol–water partition coefficient (Wildman–Crippen LogP) is 4.41. The summed E-state index contributed by atoms with van der Waals surface area (Å²) in [5, 5.41) is 1.12. The summed E-state index contributed by atoms with van der Waals surface area (Å²) in [4.78, 5) is 2.60. The van der Waals surface area contributed by atoms with Crippen molar-refractivity contribution in [1.29, 1.82) is 0 Å². The lowest BCUT2D eigenvalue weighted by Gasteiger charge is -2.35. The van der Waals surface area contributed by atoms with E-state index in [0.29, 0.717) is 5.41 Å². The van der Waals surface area contributed by atoms with Crippen LogP contribution in [0.3, 0.4) is 0 Å². The molecule has 0 amide bonds. The van der Waals surface area contributed by atoms with Crippen LogP contribution in [0.2, 0.25) is 0 Å². The highest BCUT2D eigenvalue weighted by atomic mass is 79.9. The second-order valence-corrected chi connectivity index (χ2v) is 8.52. The van der Waals surface area contributed by atoms with Gasteiger partial charge in [0.1, 0.15) is 0 Å². The van der Waals surface area contributed by atoms with E-state index in [1.165, 1.54) is 32.4 Å². The van der Waals surface area contributed by atoms with Crippen molar-refractivity contribution in [2.45, 2.75) is 46.5 Å². The first kappa shape index (κ1) is 14.8. The molecule has 0 radical (unpaired) electrons. The molecule has 18 heavy (non-hydrogen) atoms. The smallest absolute Gasteiger partial charge is 0.00768 e. The number of halogens is 1. The van der Waals surface area contributed by atoms with Crippen LogP contribution in [0.25, 0.3) is 0 Å². The van der Waals surface area contributed by atoms with Crippen LogP contribution in [0.1, 0.15) is 46.5 Å². The Labute approximate surface area is 122 Å². The number of rotatable bonds is 5. The van der Waals surface area contributed by atoms with E-state index >= 15 is 0 Å². The Hall–Kier alpha value is 0.440. The second-order valence-electron chi connectivity index (χ2n) is 7.87. The standard InChI is InChI=1S/C16H30BrN/c1-16(2,3)15(9-17)11-18(4)10-14-8-12-5-6-13(14)7-12/h12-15H,5-11H2,1-4H3. The van der Waals surface area contributed by atoms with Gasteiger partial charge in [0.15, 0.2) is 0 Å². The average molecular weight is 316 g/mol. The van der Waals surface area contributed by atoms with Crippen LogP contribution in [0.15, 0.2) is 0 Å². The molecular weight excluding hydrogens is 286 g/mol. The van der Waals surface area contributed by atoms with Gasteiger partial charge in [-0.25, -0.2) is 0 Å². The molecule has 2 saturated carbocycles. The van der Waals surface area contributed by atoms with Crippen LogP contribution in [-0.2, 0) is 0 Å². The van der Waals surface area contributed by atoms with Gasteiger partial charge in [-0.1, -0.05) is 43.1 Å². The number of fused-ring (bicyclic) bond motifs is 2. The molecule has 2 bridgehead atoms. The van der Waals surface area contributed by atoms with Gasteiger partial charge in [-0.05, 0) is 55.4 Å². The van der Waals surface area contributed by atoms with Crippen LogP contribution < -0.4 is 0 Å². The molecule has 1 nitrogen and oxygen atoms in total. The van der Waals surface area contributed by atoms with E-state index in [1.807, 2.05) is 0 Å². The topological polar surface area (TPSA) is 3.24 Å². The summed E-state index contributed by atoms with van der Waals surface area (Å²) in [7, 11) is 2.33. The number of hydrogen-bond donors (Lipinski definition) is 0. The minimum atomic E-state index is 0.409. The van der Waals surface area contributed by atoms with Crippen LogP contribution in [0.5, 0.6) is 0 Å². The summed E-state index contributed by atoms with van der Waals surface area (Å²) < 4.78 is 0. The van der Waals surface area contributed by atoms with E-state index in [9.17, 15) is 0 Å². The van der Waals surface area contributed by atoms with Gasteiger partial charge >= 0.3 is 0 Å². The van der Waals surface area contributed by atoms with Crippen molar-refractivity contribution in [3.8, 4) is 0 Å². The molecule has 0 aliphatic heterocycles. The van der Waals surface area contributed by atoms with E-state index in [1.54, 1.807) is 6.42 Å². The average Bonchev–Trinajstić information content (AvgIpc) is 2.85. The van der Waals surface area contributed by atoms with Gasteiger partial charge in [0.25, 0.3) is 0 Å². The van der Waals surface area contributed by atoms with Crippen LogP contribution in [0, 0.1) is 29.1 Å². The molecule has 0 saturated heterocycles. The van der Waals surface area contributed by atoms with Crippen LogP contribution in [-0.4, -0.2) is 30.4 Å². The molecule has 2 heteroatoms. The molecule has 4 unspecified atom stereocenters. The Bertz CT molecular complexity index is 271. The van der Waals surface area contributed by atoms with Gasteiger partial charge in [0, 0.05) is 18.4 Å². The van der Waals surface area contributed by atoms with Gasteiger partial charge < -0.3 is 4.90 Å². The normalized spacial score (nSPS) is 33.3.